The summed E-state index contributed by atoms with van der Waals surface area (Å²) in [5.74, 6) is 1.79. The van der Waals surface area contributed by atoms with Gasteiger partial charge in [0.05, 0.1) is 14.2 Å². The maximum Gasteiger partial charge on any atom is 0.363 e. The smallest absolute Gasteiger partial charge is 0.363 e. The van der Waals surface area contributed by atoms with Crippen LogP contribution in [0, 0.1) is 5.92 Å². The number of carbonyl (C=O) groups is 1. The second-order valence-electron chi connectivity index (χ2n) is 5.46. The second kappa shape index (κ2) is 6.22. The number of nitrogens with zero attached hydrogens (tertiary/aromatic N) is 1. The number of methoxy groups -OCH3 is 2. The molecule has 1 aromatic rings. The van der Waals surface area contributed by atoms with Gasteiger partial charge in [0.15, 0.2) is 5.70 Å². The van der Waals surface area contributed by atoms with Crippen molar-refractivity contribution in [3.05, 3.63) is 29.5 Å². The number of cyclic esters (lactones) is 1. The molecule has 0 atom stereocenters. The first kappa shape index (κ1) is 14.6. The van der Waals surface area contributed by atoms with Crippen LogP contribution < -0.4 is 9.47 Å². The molecule has 0 radical (unpaired) electrons. The van der Waals surface area contributed by atoms with Crippen LogP contribution in [0.2, 0.25) is 0 Å². The molecule has 116 valence electrons. The quantitative estimate of drug-likeness (QED) is 0.633. The molecule has 5 nitrogen and oxygen atoms in total. The van der Waals surface area contributed by atoms with Crippen molar-refractivity contribution in [2.75, 3.05) is 14.2 Å². The number of benzene rings is 1. The van der Waals surface area contributed by atoms with Crippen LogP contribution >= 0.6 is 0 Å². The molecule has 3 rings (SSSR count). The molecule has 22 heavy (non-hydrogen) atoms. The van der Waals surface area contributed by atoms with E-state index in [1.165, 1.54) is 12.8 Å². The van der Waals surface area contributed by atoms with Crippen molar-refractivity contribution < 1.29 is 19.0 Å². The molecule has 0 bridgehead atoms. The summed E-state index contributed by atoms with van der Waals surface area (Å²) in [6.07, 6.45) is 6.14. The van der Waals surface area contributed by atoms with Gasteiger partial charge in [-0.15, -0.1) is 0 Å². The summed E-state index contributed by atoms with van der Waals surface area (Å²) >= 11 is 0. The van der Waals surface area contributed by atoms with Crippen LogP contribution in [0.1, 0.15) is 31.2 Å². The van der Waals surface area contributed by atoms with E-state index in [4.69, 9.17) is 14.2 Å². The molecule has 1 saturated carbocycles. The topological polar surface area (TPSA) is 57.1 Å². The van der Waals surface area contributed by atoms with Crippen molar-refractivity contribution in [2.45, 2.75) is 25.7 Å². The number of rotatable bonds is 4. The summed E-state index contributed by atoms with van der Waals surface area (Å²) in [5.41, 5.74) is 1.09. The molecular weight excluding hydrogens is 282 g/mol. The van der Waals surface area contributed by atoms with Gasteiger partial charge in [0.2, 0.25) is 5.90 Å². The maximum absolute atomic E-state index is 12.0. The van der Waals surface area contributed by atoms with Crippen molar-refractivity contribution >= 4 is 17.9 Å². The molecule has 0 spiro atoms. The van der Waals surface area contributed by atoms with E-state index in [1.807, 2.05) is 12.1 Å². The Kier molecular flexibility index (Phi) is 4.13. The lowest BCUT2D eigenvalue weighted by atomic mass is 10.1. The average Bonchev–Trinajstić information content (AvgIpc) is 3.18. The highest BCUT2D eigenvalue weighted by Crippen LogP contribution is 2.32. The third-order valence-electron chi connectivity index (χ3n) is 4.07. The molecule has 1 aliphatic carbocycles. The van der Waals surface area contributed by atoms with E-state index in [9.17, 15) is 4.79 Å². The standard InChI is InChI=1S/C17H19NO4/c1-20-13-8-7-12(15(10-13)21-2)9-14-17(19)22-16(18-14)11-5-3-4-6-11/h7-11H,3-6H2,1-2H3/b14-9+. The minimum Gasteiger partial charge on any atom is -0.497 e. The lowest BCUT2D eigenvalue weighted by molar-refractivity contribution is -0.130. The Morgan fingerprint density at radius 1 is 1.23 bits per heavy atom. The van der Waals surface area contributed by atoms with Gasteiger partial charge in [-0.2, -0.15) is 0 Å². The molecule has 0 saturated heterocycles. The van der Waals surface area contributed by atoms with Gasteiger partial charge in [0, 0.05) is 17.5 Å². The Morgan fingerprint density at radius 3 is 2.68 bits per heavy atom. The van der Waals surface area contributed by atoms with E-state index in [1.54, 1.807) is 26.4 Å². The predicted molar refractivity (Wildman–Crippen MR) is 83.0 cm³/mol. The van der Waals surface area contributed by atoms with Crippen molar-refractivity contribution in [1.82, 2.24) is 0 Å². The van der Waals surface area contributed by atoms with Crippen LogP contribution in [-0.4, -0.2) is 26.1 Å². The van der Waals surface area contributed by atoms with E-state index < -0.39 is 0 Å². The fourth-order valence-corrected chi connectivity index (χ4v) is 2.86. The number of esters is 1. The summed E-state index contributed by atoms with van der Waals surface area (Å²) in [6.45, 7) is 0. The van der Waals surface area contributed by atoms with E-state index in [-0.39, 0.29) is 11.9 Å². The molecule has 0 aromatic heterocycles. The van der Waals surface area contributed by atoms with E-state index in [0.29, 0.717) is 23.1 Å². The molecule has 5 heteroatoms. The average molecular weight is 301 g/mol. The highest BCUT2D eigenvalue weighted by Gasteiger charge is 2.31. The van der Waals surface area contributed by atoms with Crippen LogP contribution in [0.25, 0.3) is 6.08 Å². The molecule has 0 N–H and O–H groups in total. The minimum absolute atomic E-state index is 0.285. The lowest BCUT2D eigenvalue weighted by Crippen LogP contribution is -2.12. The zero-order chi connectivity index (χ0) is 15.5. The Hall–Kier alpha value is -2.30. The third-order valence-corrected chi connectivity index (χ3v) is 4.07. The minimum atomic E-state index is -0.389. The number of hydrogen-bond acceptors (Lipinski definition) is 5. The second-order valence-corrected chi connectivity index (χ2v) is 5.46. The van der Waals surface area contributed by atoms with Crippen molar-refractivity contribution in [1.29, 1.82) is 0 Å². The highest BCUT2D eigenvalue weighted by atomic mass is 16.6. The normalized spacial score (nSPS) is 20.2. The first-order valence-electron chi connectivity index (χ1n) is 7.45. The van der Waals surface area contributed by atoms with Gasteiger partial charge in [-0.3, -0.25) is 0 Å². The van der Waals surface area contributed by atoms with Crippen LogP contribution in [0.4, 0.5) is 0 Å². The molecular formula is C17H19NO4. The number of aliphatic imine (C=N–C) groups is 1. The third kappa shape index (κ3) is 2.84. The highest BCUT2D eigenvalue weighted by molar-refractivity contribution is 6.08. The largest absolute Gasteiger partial charge is 0.497 e. The monoisotopic (exact) mass is 301 g/mol. The first-order valence-corrected chi connectivity index (χ1v) is 7.45. The molecule has 1 heterocycles. The van der Waals surface area contributed by atoms with Crippen LogP contribution in [0.5, 0.6) is 11.5 Å². The summed E-state index contributed by atoms with van der Waals surface area (Å²) in [6, 6.07) is 5.42. The number of ether oxygens (including phenoxy) is 3. The van der Waals surface area contributed by atoms with Crippen LogP contribution in [0.3, 0.4) is 0 Å². The van der Waals surface area contributed by atoms with Crippen LogP contribution in [-0.2, 0) is 9.53 Å². The predicted octanol–water partition coefficient (Wildman–Crippen LogP) is 3.19. The van der Waals surface area contributed by atoms with Gasteiger partial charge in [0.25, 0.3) is 0 Å². The Morgan fingerprint density at radius 2 is 2.00 bits per heavy atom. The molecule has 1 aromatic carbocycles. The zero-order valence-corrected chi connectivity index (χ0v) is 12.8. The lowest BCUT2D eigenvalue weighted by Gasteiger charge is -2.07. The summed E-state index contributed by atoms with van der Waals surface area (Å²) in [4.78, 5) is 16.4. The Labute approximate surface area is 129 Å². The SMILES string of the molecule is COc1ccc(/C=C2/N=C(C3CCCC3)OC2=O)c(OC)c1. The molecule has 2 aliphatic rings. The van der Waals surface area contributed by atoms with Crippen molar-refractivity contribution in [3.8, 4) is 11.5 Å². The maximum atomic E-state index is 12.0. The van der Waals surface area contributed by atoms with Crippen molar-refractivity contribution in [3.63, 3.8) is 0 Å². The van der Waals surface area contributed by atoms with Gasteiger partial charge < -0.3 is 14.2 Å². The molecule has 1 fully saturated rings. The van der Waals surface area contributed by atoms with E-state index in [0.717, 1.165) is 18.4 Å². The van der Waals surface area contributed by atoms with Gasteiger partial charge in [-0.1, -0.05) is 12.8 Å². The Bertz CT molecular complexity index is 642. The Balaban J connectivity index is 1.89. The first-order chi connectivity index (χ1) is 10.7. The van der Waals surface area contributed by atoms with E-state index >= 15 is 0 Å². The van der Waals surface area contributed by atoms with Crippen molar-refractivity contribution in [2.24, 2.45) is 10.9 Å². The number of hydrogen-bond donors (Lipinski definition) is 0. The van der Waals surface area contributed by atoms with E-state index in [2.05, 4.69) is 4.99 Å². The summed E-state index contributed by atoms with van der Waals surface area (Å²) in [7, 11) is 3.18. The fourth-order valence-electron chi connectivity index (χ4n) is 2.86. The van der Waals surface area contributed by atoms with Gasteiger partial charge in [-0.05, 0) is 31.1 Å². The molecule has 0 amide bonds. The van der Waals surface area contributed by atoms with Crippen LogP contribution in [0.15, 0.2) is 28.9 Å². The van der Waals surface area contributed by atoms with Gasteiger partial charge in [-0.25, -0.2) is 9.79 Å². The summed E-state index contributed by atoms with van der Waals surface area (Å²) in [5, 5.41) is 0. The van der Waals surface area contributed by atoms with Gasteiger partial charge in [0.1, 0.15) is 11.5 Å². The zero-order valence-electron chi connectivity index (χ0n) is 12.8. The van der Waals surface area contributed by atoms with Gasteiger partial charge >= 0.3 is 5.97 Å². The molecule has 0 unspecified atom stereocenters. The molecule has 1 aliphatic heterocycles. The number of carbonyl (C=O) groups excluding carboxylic acids is 1. The fraction of sp³-hybridized carbons (Fsp3) is 0.412. The summed E-state index contributed by atoms with van der Waals surface area (Å²) < 4.78 is 15.8.